The molecule has 2 rings (SSSR count). The van der Waals surface area contributed by atoms with Gasteiger partial charge in [0.2, 0.25) is 0 Å². The van der Waals surface area contributed by atoms with Crippen molar-refractivity contribution in [2.24, 2.45) is 0 Å². The van der Waals surface area contributed by atoms with Crippen molar-refractivity contribution in [2.75, 3.05) is 18.0 Å². The van der Waals surface area contributed by atoms with Crippen LogP contribution in [0.2, 0.25) is 0 Å². The van der Waals surface area contributed by atoms with E-state index < -0.39 is 0 Å². The molecule has 0 aliphatic carbocycles. The van der Waals surface area contributed by atoms with Gasteiger partial charge in [0, 0.05) is 19.3 Å². The molecule has 0 bridgehead atoms. The summed E-state index contributed by atoms with van der Waals surface area (Å²) < 4.78 is 0. The summed E-state index contributed by atoms with van der Waals surface area (Å²) in [6.45, 7) is 4.00. The quantitative estimate of drug-likeness (QED) is 0.650. The molecule has 1 aliphatic rings. The molecule has 0 saturated carbocycles. The summed E-state index contributed by atoms with van der Waals surface area (Å²) in [5.41, 5.74) is 3.08. The van der Waals surface area contributed by atoms with Gasteiger partial charge in [-0.3, -0.25) is 4.98 Å². The lowest BCUT2D eigenvalue weighted by Gasteiger charge is -2.27. The maximum Gasteiger partial charge on any atom is 0.101 e. The molecule has 0 radical (unpaired) electrons. The molecule has 0 N–H and O–H groups in total. The summed E-state index contributed by atoms with van der Waals surface area (Å²) in [7, 11) is 0. The smallest absolute Gasteiger partial charge is 0.101 e. The molecule has 76 valence electrons. The van der Waals surface area contributed by atoms with Crippen LogP contribution >= 0.6 is 0 Å². The van der Waals surface area contributed by atoms with Gasteiger partial charge in [0.15, 0.2) is 0 Å². The lowest BCUT2D eigenvalue weighted by Crippen LogP contribution is -2.28. The summed E-state index contributed by atoms with van der Waals surface area (Å²) in [5.74, 6) is 0. The average molecular weight is 199 g/mol. The first-order chi connectivity index (χ1) is 7.31. The SMILES string of the molecule is CC1=CCN(c2cnccc2C#N)CC1. The number of hydrogen-bond acceptors (Lipinski definition) is 3. The number of rotatable bonds is 1. The molecular weight excluding hydrogens is 186 g/mol. The molecule has 0 atom stereocenters. The van der Waals surface area contributed by atoms with Crippen LogP contribution in [0, 0.1) is 11.3 Å². The first kappa shape index (κ1) is 9.72. The third-order valence-corrected chi connectivity index (χ3v) is 2.70. The van der Waals surface area contributed by atoms with Crippen LogP contribution in [0.1, 0.15) is 18.9 Å². The van der Waals surface area contributed by atoms with Crippen molar-refractivity contribution >= 4 is 5.69 Å². The van der Waals surface area contributed by atoms with E-state index in [0.29, 0.717) is 5.56 Å². The predicted octanol–water partition coefficient (Wildman–Crippen LogP) is 2.11. The number of pyridine rings is 1. The molecule has 0 amide bonds. The lowest BCUT2D eigenvalue weighted by molar-refractivity contribution is 0.785. The number of nitrogens with zero attached hydrogens (tertiary/aromatic N) is 3. The van der Waals surface area contributed by atoms with Gasteiger partial charge in [0.1, 0.15) is 6.07 Å². The zero-order chi connectivity index (χ0) is 10.7. The average Bonchev–Trinajstić information content (AvgIpc) is 2.30. The maximum absolute atomic E-state index is 8.98. The Kier molecular flexibility index (Phi) is 2.68. The minimum atomic E-state index is 0.706. The van der Waals surface area contributed by atoms with E-state index in [0.717, 1.165) is 25.2 Å². The first-order valence-electron chi connectivity index (χ1n) is 5.06. The van der Waals surface area contributed by atoms with E-state index >= 15 is 0 Å². The Morgan fingerprint density at radius 3 is 3.07 bits per heavy atom. The number of aromatic nitrogens is 1. The van der Waals surface area contributed by atoms with Crippen LogP contribution in [0.3, 0.4) is 0 Å². The Labute approximate surface area is 89.7 Å². The molecule has 0 saturated heterocycles. The molecule has 1 aliphatic heterocycles. The van der Waals surface area contributed by atoms with Gasteiger partial charge in [-0.1, -0.05) is 11.6 Å². The van der Waals surface area contributed by atoms with Gasteiger partial charge in [0.25, 0.3) is 0 Å². The molecule has 1 aromatic rings. The molecule has 2 heterocycles. The van der Waals surface area contributed by atoms with E-state index in [-0.39, 0.29) is 0 Å². The van der Waals surface area contributed by atoms with Crippen molar-refractivity contribution < 1.29 is 0 Å². The van der Waals surface area contributed by atoms with Crippen LogP contribution in [0.4, 0.5) is 5.69 Å². The van der Waals surface area contributed by atoms with Gasteiger partial charge in [-0.05, 0) is 19.4 Å². The molecule has 0 unspecified atom stereocenters. The summed E-state index contributed by atoms with van der Waals surface area (Å²) in [4.78, 5) is 6.27. The van der Waals surface area contributed by atoms with Crippen LogP contribution in [0.5, 0.6) is 0 Å². The van der Waals surface area contributed by atoms with E-state index in [9.17, 15) is 0 Å². The van der Waals surface area contributed by atoms with Crippen LogP contribution < -0.4 is 4.90 Å². The fourth-order valence-electron chi connectivity index (χ4n) is 1.72. The van der Waals surface area contributed by atoms with Crippen LogP contribution in [0.25, 0.3) is 0 Å². The number of anilines is 1. The lowest BCUT2D eigenvalue weighted by atomic mass is 10.1. The van der Waals surface area contributed by atoms with E-state index in [1.807, 2.05) is 0 Å². The molecule has 1 aromatic heterocycles. The zero-order valence-corrected chi connectivity index (χ0v) is 8.77. The standard InChI is InChI=1S/C12H13N3/c1-10-3-6-15(7-4-10)12-9-14-5-2-11(12)8-13/h2-3,5,9H,4,6-7H2,1H3. The van der Waals surface area contributed by atoms with Gasteiger partial charge in [-0.25, -0.2) is 0 Å². The van der Waals surface area contributed by atoms with E-state index in [1.165, 1.54) is 5.57 Å². The van der Waals surface area contributed by atoms with Crippen molar-refractivity contribution in [2.45, 2.75) is 13.3 Å². The Hall–Kier alpha value is -1.82. The molecule has 0 spiro atoms. The van der Waals surface area contributed by atoms with Crippen LogP contribution in [-0.2, 0) is 0 Å². The molecule has 3 heteroatoms. The highest BCUT2D eigenvalue weighted by molar-refractivity contribution is 5.58. The second kappa shape index (κ2) is 4.14. The van der Waals surface area contributed by atoms with Crippen molar-refractivity contribution in [3.63, 3.8) is 0 Å². The second-order valence-corrected chi connectivity index (χ2v) is 3.75. The van der Waals surface area contributed by atoms with Crippen molar-refractivity contribution in [3.8, 4) is 6.07 Å². The summed E-state index contributed by atoms with van der Waals surface area (Å²) >= 11 is 0. The van der Waals surface area contributed by atoms with E-state index in [1.54, 1.807) is 18.5 Å². The Morgan fingerprint density at radius 1 is 1.53 bits per heavy atom. The number of nitriles is 1. The maximum atomic E-state index is 8.98. The Balaban J connectivity index is 2.27. The fourth-order valence-corrected chi connectivity index (χ4v) is 1.72. The van der Waals surface area contributed by atoms with Gasteiger partial charge in [-0.2, -0.15) is 5.26 Å². The molecular formula is C12H13N3. The summed E-state index contributed by atoms with van der Waals surface area (Å²) in [6, 6.07) is 3.97. The summed E-state index contributed by atoms with van der Waals surface area (Å²) in [5, 5.41) is 8.98. The Bertz CT molecular complexity index is 429. The predicted molar refractivity (Wildman–Crippen MR) is 59.5 cm³/mol. The third-order valence-electron chi connectivity index (χ3n) is 2.70. The highest BCUT2D eigenvalue weighted by atomic mass is 15.1. The molecule has 3 nitrogen and oxygen atoms in total. The van der Waals surface area contributed by atoms with Crippen LogP contribution in [0.15, 0.2) is 30.1 Å². The minimum absolute atomic E-state index is 0.706. The second-order valence-electron chi connectivity index (χ2n) is 3.75. The van der Waals surface area contributed by atoms with Crippen molar-refractivity contribution in [1.29, 1.82) is 5.26 Å². The monoisotopic (exact) mass is 199 g/mol. The van der Waals surface area contributed by atoms with Crippen LogP contribution in [-0.4, -0.2) is 18.1 Å². The Morgan fingerprint density at radius 2 is 2.40 bits per heavy atom. The first-order valence-corrected chi connectivity index (χ1v) is 5.06. The minimum Gasteiger partial charge on any atom is -0.365 e. The topological polar surface area (TPSA) is 39.9 Å². The number of hydrogen-bond donors (Lipinski definition) is 0. The molecule has 0 aromatic carbocycles. The van der Waals surface area contributed by atoms with Gasteiger partial charge >= 0.3 is 0 Å². The van der Waals surface area contributed by atoms with Gasteiger partial charge < -0.3 is 4.90 Å². The summed E-state index contributed by atoms with van der Waals surface area (Å²) in [6.07, 6.45) is 6.71. The van der Waals surface area contributed by atoms with Gasteiger partial charge in [-0.15, -0.1) is 0 Å². The highest BCUT2D eigenvalue weighted by Crippen LogP contribution is 2.21. The fraction of sp³-hybridized carbons (Fsp3) is 0.333. The van der Waals surface area contributed by atoms with Crippen molar-refractivity contribution in [3.05, 3.63) is 35.7 Å². The third kappa shape index (κ3) is 1.99. The zero-order valence-electron chi connectivity index (χ0n) is 8.77. The normalized spacial score (nSPS) is 15.7. The molecule has 0 fully saturated rings. The molecule has 15 heavy (non-hydrogen) atoms. The van der Waals surface area contributed by atoms with Crippen molar-refractivity contribution in [1.82, 2.24) is 4.98 Å². The van der Waals surface area contributed by atoms with E-state index in [4.69, 9.17) is 5.26 Å². The van der Waals surface area contributed by atoms with E-state index in [2.05, 4.69) is 29.0 Å². The van der Waals surface area contributed by atoms with Gasteiger partial charge in [0.05, 0.1) is 17.4 Å². The largest absolute Gasteiger partial charge is 0.365 e. The highest BCUT2D eigenvalue weighted by Gasteiger charge is 2.13.